The van der Waals surface area contributed by atoms with Gasteiger partial charge in [0.15, 0.2) is 0 Å². The molecule has 0 radical (unpaired) electrons. The fourth-order valence-electron chi connectivity index (χ4n) is 3.01. The van der Waals surface area contributed by atoms with Crippen molar-refractivity contribution in [3.63, 3.8) is 0 Å². The molecule has 3 rings (SSSR count). The van der Waals surface area contributed by atoms with E-state index in [0.29, 0.717) is 18.4 Å². The number of rotatable bonds is 3. The fourth-order valence-corrected chi connectivity index (χ4v) is 3.01. The Morgan fingerprint density at radius 2 is 2.15 bits per heavy atom. The number of piperidine rings is 1. The highest BCUT2D eigenvalue weighted by Crippen LogP contribution is 2.35. The van der Waals surface area contributed by atoms with Gasteiger partial charge in [0.05, 0.1) is 17.9 Å². The van der Waals surface area contributed by atoms with E-state index in [1.54, 1.807) is 6.33 Å². The van der Waals surface area contributed by atoms with Crippen molar-refractivity contribution >= 4 is 0 Å². The molecule has 110 valence electrons. The normalized spacial score (nSPS) is 25.2. The molecule has 3 heterocycles. The van der Waals surface area contributed by atoms with Crippen LogP contribution in [0.1, 0.15) is 44.7 Å². The van der Waals surface area contributed by atoms with E-state index < -0.39 is 0 Å². The molecule has 2 fully saturated rings. The Kier molecular flexibility index (Phi) is 3.89. The Balaban J connectivity index is 1.63. The Hall–Kier alpha value is -1.20. The van der Waals surface area contributed by atoms with E-state index in [1.165, 1.54) is 0 Å². The van der Waals surface area contributed by atoms with Crippen molar-refractivity contribution in [3.05, 3.63) is 18.1 Å². The van der Waals surface area contributed by atoms with Crippen molar-refractivity contribution in [2.45, 2.75) is 50.7 Å². The topological polar surface area (TPSA) is 56.3 Å². The van der Waals surface area contributed by atoms with Crippen molar-refractivity contribution in [1.29, 1.82) is 0 Å². The molecule has 0 bridgehead atoms. The van der Waals surface area contributed by atoms with Crippen LogP contribution in [0.3, 0.4) is 0 Å². The lowest BCUT2D eigenvalue weighted by atomic mass is 9.89. The second-order valence-electron chi connectivity index (χ2n) is 6.12. The SMILES string of the molecule is CC(C)c1cc(OC2COC3(CCNCC3)C2)ncn1. The highest BCUT2D eigenvalue weighted by atomic mass is 16.6. The molecular weight excluding hydrogens is 254 g/mol. The molecule has 2 aliphatic rings. The Morgan fingerprint density at radius 1 is 1.35 bits per heavy atom. The number of nitrogens with one attached hydrogen (secondary N) is 1. The molecule has 1 spiro atoms. The maximum Gasteiger partial charge on any atom is 0.216 e. The minimum absolute atomic E-state index is 0.0316. The summed E-state index contributed by atoms with van der Waals surface area (Å²) >= 11 is 0. The highest BCUT2D eigenvalue weighted by molar-refractivity contribution is 5.16. The number of nitrogens with zero attached hydrogens (tertiary/aromatic N) is 2. The molecule has 1 aromatic rings. The first-order valence-corrected chi connectivity index (χ1v) is 7.50. The summed E-state index contributed by atoms with van der Waals surface area (Å²) in [5.74, 6) is 1.05. The van der Waals surface area contributed by atoms with Gasteiger partial charge in [-0.05, 0) is 31.8 Å². The van der Waals surface area contributed by atoms with Crippen LogP contribution in [0.5, 0.6) is 5.88 Å². The summed E-state index contributed by atoms with van der Waals surface area (Å²) in [6, 6.07) is 1.94. The molecule has 0 amide bonds. The zero-order chi connectivity index (χ0) is 14.0. The molecule has 20 heavy (non-hydrogen) atoms. The van der Waals surface area contributed by atoms with Crippen LogP contribution < -0.4 is 10.1 Å². The molecule has 2 aliphatic heterocycles. The van der Waals surface area contributed by atoms with Gasteiger partial charge in [-0.1, -0.05) is 13.8 Å². The second-order valence-corrected chi connectivity index (χ2v) is 6.12. The van der Waals surface area contributed by atoms with E-state index in [9.17, 15) is 0 Å². The molecule has 1 N–H and O–H groups in total. The molecule has 5 nitrogen and oxygen atoms in total. The van der Waals surface area contributed by atoms with E-state index >= 15 is 0 Å². The van der Waals surface area contributed by atoms with Crippen LogP contribution in [0.25, 0.3) is 0 Å². The second kappa shape index (κ2) is 5.66. The first-order chi connectivity index (χ1) is 9.67. The summed E-state index contributed by atoms with van der Waals surface area (Å²) in [5, 5.41) is 3.38. The smallest absolute Gasteiger partial charge is 0.216 e. The fraction of sp³-hybridized carbons (Fsp3) is 0.733. The number of ether oxygens (including phenoxy) is 2. The van der Waals surface area contributed by atoms with Gasteiger partial charge in [-0.2, -0.15) is 0 Å². The van der Waals surface area contributed by atoms with Crippen LogP contribution >= 0.6 is 0 Å². The zero-order valence-corrected chi connectivity index (χ0v) is 12.3. The standard InChI is InChI=1S/C15H23N3O2/c1-11(2)13-7-14(18-10-17-13)20-12-8-15(19-9-12)3-5-16-6-4-15/h7,10-12,16H,3-6,8-9H2,1-2H3. The third-order valence-electron chi connectivity index (χ3n) is 4.23. The summed E-state index contributed by atoms with van der Waals surface area (Å²) < 4.78 is 12.0. The van der Waals surface area contributed by atoms with Gasteiger partial charge in [-0.25, -0.2) is 9.97 Å². The first-order valence-electron chi connectivity index (χ1n) is 7.50. The van der Waals surface area contributed by atoms with Crippen LogP contribution in [0.15, 0.2) is 12.4 Å². The van der Waals surface area contributed by atoms with E-state index in [1.807, 2.05) is 6.07 Å². The summed E-state index contributed by atoms with van der Waals surface area (Å²) in [7, 11) is 0. The molecule has 0 aliphatic carbocycles. The largest absolute Gasteiger partial charge is 0.472 e. The van der Waals surface area contributed by atoms with Gasteiger partial charge in [0.1, 0.15) is 12.4 Å². The van der Waals surface area contributed by atoms with E-state index in [-0.39, 0.29) is 11.7 Å². The lowest BCUT2D eigenvalue weighted by Gasteiger charge is -2.32. The lowest BCUT2D eigenvalue weighted by molar-refractivity contribution is -0.0205. The number of hydrogen-bond donors (Lipinski definition) is 1. The third-order valence-corrected chi connectivity index (χ3v) is 4.23. The molecule has 5 heteroatoms. The summed E-state index contributed by atoms with van der Waals surface area (Å²) in [6.45, 7) is 6.99. The molecule has 1 aromatic heterocycles. The van der Waals surface area contributed by atoms with Crippen molar-refractivity contribution < 1.29 is 9.47 Å². The lowest BCUT2D eigenvalue weighted by Crippen LogP contribution is -2.41. The minimum atomic E-state index is 0.0316. The van der Waals surface area contributed by atoms with Crippen molar-refractivity contribution in [3.8, 4) is 5.88 Å². The maximum atomic E-state index is 6.04. The van der Waals surface area contributed by atoms with Crippen molar-refractivity contribution in [2.75, 3.05) is 19.7 Å². The minimum Gasteiger partial charge on any atom is -0.472 e. The predicted molar refractivity (Wildman–Crippen MR) is 75.9 cm³/mol. The van der Waals surface area contributed by atoms with Gasteiger partial charge in [0.2, 0.25) is 5.88 Å². The molecule has 2 saturated heterocycles. The van der Waals surface area contributed by atoms with Crippen LogP contribution in [0.4, 0.5) is 0 Å². The maximum absolute atomic E-state index is 6.04. The average molecular weight is 277 g/mol. The van der Waals surface area contributed by atoms with Gasteiger partial charge in [0, 0.05) is 12.5 Å². The Morgan fingerprint density at radius 3 is 2.90 bits per heavy atom. The predicted octanol–water partition coefficient (Wildman–Crippen LogP) is 1.89. The zero-order valence-electron chi connectivity index (χ0n) is 12.3. The van der Waals surface area contributed by atoms with Crippen molar-refractivity contribution in [1.82, 2.24) is 15.3 Å². The molecular formula is C15H23N3O2. The highest BCUT2D eigenvalue weighted by Gasteiger charge is 2.42. The van der Waals surface area contributed by atoms with E-state index in [4.69, 9.17) is 9.47 Å². The van der Waals surface area contributed by atoms with Crippen LogP contribution in [-0.4, -0.2) is 41.4 Å². The molecule has 0 saturated carbocycles. The van der Waals surface area contributed by atoms with Crippen LogP contribution in [-0.2, 0) is 4.74 Å². The van der Waals surface area contributed by atoms with E-state index in [0.717, 1.165) is 38.0 Å². The Labute approximate surface area is 120 Å². The number of aromatic nitrogens is 2. The quantitative estimate of drug-likeness (QED) is 0.914. The van der Waals surface area contributed by atoms with E-state index in [2.05, 4.69) is 29.1 Å². The molecule has 0 aromatic carbocycles. The van der Waals surface area contributed by atoms with Crippen LogP contribution in [0.2, 0.25) is 0 Å². The molecule has 1 unspecified atom stereocenters. The van der Waals surface area contributed by atoms with Gasteiger partial charge >= 0.3 is 0 Å². The Bertz CT molecular complexity index is 458. The summed E-state index contributed by atoms with van der Waals surface area (Å²) in [4.78, 5) is 8.48. The van der Waals surface area contributed by atoms with Gasteiger partial charge in [-0.3, -0.25) is 0 Å². The summed E-state index contributed by atoms with van der Waals surface area (Å²) in [5.41, 5.74) is 1.05. The van der Waals surface area contributed by atoms with Crippen molar-refractivity contribution in [2.24, 2.45) is 0 Å². The number of hydrogen-bond acceptors (Lipinski definition) is 5. The first kappa shape index (κ1) is 13.8. The monoisotopic (exact) mass is 277 g/mol. The van der Waals surface area contributed by atoms with Gasteiger partial charge in [-0.15, -0.1) is 0 Å². The average Bonchev–Trinajstić information content (AvgIpc) is 2.82. The third kappa shape index (κ3) is 2.94. The van der Waals surface area contributed by atoms with Gasteiger partial charge < -0.3 is 14.8 Å². The van der Waals surface area contributed by atoms with Crippen LogP contribution in [0, 0.1) is 0 Å². The van der Waals surface area contributed by atoms with Gasteiger partial charge in [0.25, 0.3) is 0 Å². The summed E-state index contributed by atoms with van der Waals surface area (Å²) in [6.07, 6.45) is 4.82. The molecule has 1 atom stereocenters.